The number of alkyl halides is 3. The van der Waals surface area contributed by atoms with Crippen molar-refractivity contribution in [3.05, 3.63) is 46.6 Å². The minimum atomic E-state index is -4.59. The number of aromatic nitrogens is 1. The summed E-state index contributed by atoms with van der Waals surface area (Å²) in [7, 11) is 0. The average Bonchev–Trinajstić information content (AvgIpc) is 2.69. The number of hydrogen-bond acceptors (Lipinski definition) is 6. The summed E-state index contributed by atoms with van der Waals surface area (Å²) >= 11 is 5.84. The van der Waals surface area contributed by atoms with Crippen LogP contribution in [-0.4, -0.2) is 23.7 Å². The fraction of sp³-hybridized carbons (Fsp3) is 0.350. The Balaban J connectivity index is 2.18. The minimum Gasteiger partial charge on any atom is -0.477 e. The second-order valence-corrected chi connectivity index (χ2v) is 6.57. The second kappa shape index (κ2) is 10.2. The number of pyridine rings is 1. The van der Waals surface area contributed by atoms with Gasteiger partial charge in [0.25, 0.3) is 0 Å². The molecule has 0 spiro atoms. The number of nitrogens with zero attached hydrogens (tertiary/aromatic N) is 2. The summed E-state index contributed by atoms with van der Waals surface area (Å²) in [5.41, 5.74) is -0.888. The molecule has 1 aromatic carbocycles. The molecular weight excluding hydrogens is 425 g/mol. The zero-order chi connectivity index (χ0) is 22.3. The number of rotatable bonds is 8. The van der Waals surface area contributed by atoms with Gasteiger partial charge < -0.3 is 14.2 Å². The fourth-order valence-electron chi connectivity index (χ4n) is 2.20. The molecule has 10 heteroatoms. The topological polar surface area (TPSA) is 81.4 Å². The van der Waals surface area contributed by atoms with Crippen molar-refractivity contribution in [3.63, 3.8) is 0 Å². The molecule has 0 saturated heterocycles. The van der Waals surface area contributed by atoms with Gasteiger partial charge in [0.05, 0.1) is 17.7 Å². The first-order chi connectivity index (χ1) is 14.2. The zero-order valence-corrected chi connectivity index (χ0v) is 16.9. The quantitative estimate of drug-likeness (QED) is 0.395. The number of esters is 1. The Labute approximate surface area is 176 Å². The zero-order valence-electron chi connectivity index (χ0n) is 16.1. The highest BCUT2D eigenvalue weighted by atomic mass is 35.5. The fourth-order valence-corrected chi connectivity index (χ4v) is 2.40. The summed E-state index contributed by atoms with van der Waals surface area (Å²) in [6.07, 6.45) is -3.41. The molecule has 0 N–H and O–H groups in total. The van der Waals surface area contributed by atoms with Crippen molar-refractivity contribution >= 4 is 17.6 Å². The number of unbranched alkanes of at least 4 members (excludes halogenated alkanes) is 1. The number of nitriles is 1. The van der Waals surface area contributed by atoms with E-state index in [1.54, 1.807) is 0 Å². The van der Waals surface area contributed by atoms with Gasteiger partial charge in [-0.1, -0.05) is 24.9 Å². The van der Waals surface area contributed by atoms with Crippen LogP contribution in [0.1, 0.15) is 37.8 Å². The van der Waals surface area contributed by atoms with Crippen molar-refractivity contribution in [2.75, 3.05) is 6.61 Å². The molecule has 0 bridgehead atoms. The average molecular weight is 443 g/mol. The number of hydrogen-bond donors (Lipinski definition) is 0. The van der Waals surface area contributed by atoms with Gasteiger partial charge in [-0.15, -0.1) is 0 Å². The normalized spacial score (nSPS) is 12.0. The molecule has 1 unspecified atom stereocenters. The van der Waals surface area contributed by atoms with Crippen LogP contribution < -0.4 is 9.47 Å². The van der Waals surface area contributed by atoms with E-state index in [1.807, 2.05) is 13.0 Å². The Morgan fingerprint density at radius 1 is 1.33 bits per heavy atom. The maximum absolute atomic E-state index is 12.7. The highest BCUT2D eigenvalue weighted by Crippen LogP contribution is 2.35. The Hall–Kier alpha value is -2.99. The summed E-state index contributed by atoms with van der Waals surface area (Å²) in [5, 5.41) is 8.90. The summed E-state index contributed by atoms with van der Waals surface area (Å²) in [5.74, 6) is -0.707. The van der Waals surface area contributed by atoms with E-state index in [-0.39, 0.29) is 34.6 Å². The minimum absolute atomic E-state index is 0.0398. The van der Waals surface area contributed by atoms with Gasteiger partial charge in [-0.25, -0.2) is 9.78 Å². The summed E-state index contributed by atoms with van der Waals surface area (Å²) in [6, 6.07) is 6.69. The van der Waals surface area contributed by atoms with Crippen LogP contribution in [0.2, 0.25) is 5.02 Å². The maximum Gasteiger partial charge on any atom is 0.417 e. The maximum atomic E-state index is 12.7. The lowest BCUT2D eigenvalue weighted by molar-refractivity contribution is -0.151. The molecule has 0 amide bonds. The number of benzene rings is 1. The van der Waals surface area contributed by atoms with Crippen molar-refractivity contribution in [1.82, 2.24) is 4.98 Å². The van der Waals surface area contributed by atoms with E-state index in [1.165, 1.54) is 25.1 Å². The van der Waals surface area contributed by atoms with Gasteiger partial charge in [0.2, 0.25) is 5.88 Å². The molecule has 0 aliphatic carbocycles. The molecule has 0 radical (unpaired) electrons. The third kappa shape index (κ3) is 6.26. The third-order valence-electron chi connectivity index (χ3n) is 3.80. The summed E-state index contributed by atoms with van der Waals surface area (Å²) in [6.45, 7) is 3.68. The Kier molecular flexibility index (Phi) is 7.89. The smallest absolute Gasteiger partial charge is 0.417 e. The van der Waals surface area contributed by atoms with E-state index in [2.05, 4.69) is 4.98 Å². The van der Waals surface area contributed by atoms with Crippen molar-refractivity contribution in [2.45, 2.75) is 39.0 Å². The van der Waals surface area contributed by atoms with Crippen LogP contribution in [-0.2, 0) is 15.7 Å². The highest BCUT2D eigenvalue weighted by Gasteiger charge is 2.32. The molecule has 160 valence electrons. The van der Waals surface area contributed by atoms with E-state index in [9.17, 15) is 23.2 Å². The van der Waals surface area contributed by atoms with Crippen LogP contribution in [0.25, 0.3) is 0 Å². The Bertz CT molecular complexity index is 945. The molecule has 6 nitrogen and oxygen atoms in total. The van der Waals surface area contributed by atoms with E-state index in [0.717, 1.165) is 6.42 Å². The van der Waals surface area contributed by atoms with Crippen LogP contribution in [0.15, 0.2) is 30.5 Å². The molecule has 0 aliphatic rings. The first kappa shape index (κ1) is 23.3. The monoisotopic (exact) mass is 442 g/mol. The van der Waals surface area contributed by atoms with Crippen LogP contribution in [0.4, 0.5) is 13.2 Å². The predicted octanol–water partition coefficient (Wildman–Crippen LogP) is 5.53. The molecule has 1 heterocycles. The molecular formula is C20H18ClF3N2O4. The van der Waals surface area contributed by atoms with Gasteiger partial charge in [0, 0.05) is 12.3 Å². The van der Waals surface area contributed by atoms with Crippen LogP contribution in [0.3, 0.4) is 0 Å². The number of ether oxygens (including phenoxy) is 3. The van der Waals surface area contributed by atoms with Crippen molar-refractivity contribution < 1.29 is 32.2 Å². The van der Waals surface area contributed by atoms with Crippen LogP contribution in [0, 0.1) is 11.3 Å². The SMILES string of the molecule is CCCCOC(=O)C(C)Oc1cc(Oc2ncc(C(F)(F)F)cc2Cl)ccc1C#N. The Morgan fingerprint density at radius 3 is 2.67 bits per heavy atom. The first-order valence-corrected chi connectivity index (χ1v) is 9.31. The largest absolute Gasteiger partial charge is 0.477 e. The van der Waals surface area contributed by atoms with Gasteiger partial charge in [-0.3, -0.25) is 0 Å². The summed E-state index contributed by atoms with van der Waals surface area (Å²) in [4.78, 5) is 15.6. The Morgan fingerprint density at radius 2 is 2.07 bits per heavy atom. The van der Waals surface area contributed by atoms with Crippen LogP contribution in [0.5, 0.6) is 17.4 Å². The van der Waals surface area contributed by atoms with Crippen molar-refractivity contribution in [1.29, 1.82) is 5.26 Å². The van der Waals surface area contributed by atoms with Crippen molar-refractivity contribution in [2.24, 2.45) is 0 Å². The predicted molar refractivity (Wildman–Crippen MR) is 101 cm³/mol. The lowest BCUT2D eigenvalue weighted by Gasteiger charge is -2.16. The van der Waals surface area contributed by atoms with Gasteiger partial charge in [0.1, 0.15) is 22.6 Å². The number of halogens is 4. The van der Waals surface area contributed by atoms with E-state index in [4.69, 9.17) is 25.8 Å². The molecule has 1 atom stereocenters. The number of carbonyl (C=O) groups is 1. The van der Waals surface area contributed by atoms with Crippen LogP contribution >= 0.6 is 11.6 Å². The molecule has 2 rings (SSSR count). The summed E-state index contributed by atoms with van der Waals surface area (Å²) < 4.78 is 54.2. The first-order valence-electron chi connectivity index (χ1n) is 8.93. The number of carbonyl (C=O) groups excluding carboxylic acids is 1. The molecule has 30 heavy (non-hydrogen) atoms. The molecule has 0 aliphatic heterocycles. The van der Waals surface area contributed by atoms with Gasteiger partial charge in [0.15, 0.2) is 6.10 Å². The van der Waals surface area contributed by atoms with Crippen molar-refractivity contribution in [3.8, 4) is 23.4 Å². The molecule has 0 saturated carbocycles. The highest BCUT2D eigenvalue weighted by molar-refractivity contribution is 6.31. The van der Waals surface area contributed by atoms with Gasteiger partial charge >= 0.3 is 12.1 Å². The molecule has 0 fully saturated rings. The standard InChI is InChI=1S/C20H18ClF3N2O4/c1-3-4-7-28-19(27)12(2)29-17-9-15(6-5-13(17)10-25)30-18-16(21)8-14(11-26-18)20(22,23)24/h5-6,8-9,11-12H,3-4,7H2,1-2H3. The van der Waals surface area contributed by atoms with Gasteiger partial charge in [-0.2, -0.15) is 18.4 Å². The van der Waals surface area contributed by atoms with E-state index < -0.39 is 23.8 Å². The van der Waals surface area contributed by atoms with E-state index >= 15 is 0 Å². The lowest BCUT2D eigenvalue weighted by Crippen LogP contribution is -2.26. The van der Waals surface area contributed by atoms with E-state index in [0.29, 0.717) is 18.7 Å². The second-order valence-electron chi connectivity index (χ2n) is 6.16. The molecule has 1 aromatic heterocycles. The lowest BCUT2D eigenvalue weighted by atomic mass is 10.2. The van der Waals surface area contributed by atoms with Gasteiger partial charge in [-0.05, 0) is 31.5 Å². The molecule has 2 aromatic rings. The third-order valence-corrected chi connectivity index (χ3v) is 4.07.